The molecule has 168 valence electrons. The van der Waals surface area contributed by atoms with Crippen molar-refractivity contribution >= 4 is 0 Å². The Balaban J connectivity index is 0.00000245. The average molecular weight is 494 g/mol. The van der Waals surface area contributed by atoms with Gasteiger partial charge < -0.3 is 26.5 Å². The fraction of sp³-hybridized carbons (Fsp3) is 0.333. The zero-order valence-electron chi connectivity index (χ0n) is 18.3. The van der Waals surface area contributed by atoms with Gasteiger partial charge in [0.1, 0.15) is 0 Å². The van der Waals surface area contributed by atoms with E-state index in [1.807, 2.05) is 6.07 Å². The predicted octanol–water partition coefficient (Wildman–Crippen LogP) is 1.30. The van der Waals surface area contributed by atoms with E-state index < -0.39 is 5.79 Å². The van der Waals surface area contributed by atoms with Gasteiger partial charge in [-0.25, -0.2) is 0 Å². The molecule has 2 aliphatic rings. The molecule has 2 heterocycles. The second kappa shape index (κ2) is 10.7. The van der Waals surface area contributed by atoms with E-state index in [1.54, 1.807) is 0 Å². The lowest BCUT2D eigenvalue weighted by Crippen LogP contribution is -3.00. The van der Waals surface area contributed by atoms with Gasteiger partial charge in [-0.05, 0) is 11.1 Å². The van der Waals surface area contributed by atoms with E-state index in [4.69, 9.17) is 9.47 Å². The molecule has 3 aromatic rings. The molecule has 0 amide bonds. The molecule has 0 radical (unpaired) electrons. The Bertz CT molecular complexity index is 902. The topological polar surface area (TPSA) is 24.9 Å². The number of rotatable bonds is 6. The van der Waals surface area contributed by atoms with Crippen LogP contribution in [0.15, 0.2) is 91.0 Å². The van der Waals surface area contributed by atoms with E-state index in [9.17, 15) is 0 Å². The van der Waals surface area contributed by atoms with Gasteiger partial charge in [0.05, 0.1) is 25.8 Å². The first-order valence-corrected chi connectivity index (χ1v) is 11.2. The van der Waals surface area contributed by atoms with Crippen molar-refractivity contribution in [2.45, 2.75) is 11.8 Å². The normalized spacial score (nSPS) is 19.0. The van der Waals surface area contributed by atoms with Gasteiger partial charge in [-0.1, -0.05) is 91.0 Å². The smallest absolute Gasteiger partial charge is 0.208 e. The molecule has 2 fully saturated rings. The second-order valence-corrected chi connectivity index (χ2v) is 8.35. The Morgan fingerprint density at radius 2 is 1.12 bits per heavy atom. The first-order valence-electron chi connectivity index (χ1n) is 11.2. The molecule has 0 atom stereocenters. The molecule has 4 nitrogen and oxygen atoms in total. The monoisotopic (exact) mass is 493 g/mol. The van der Waals surface area contributed by atoms with Gasteiger partial charge in [0.25, 0.3) is 0 Å². The maximum atomic E-state index is 6.16. The SMILES string of the molecule is [Br-].c1ccc(C(c2ccccc2)N2CCN(CC3(c4ccccc4)OCCO3)CC2)cc1. The third kappa shape index (κ3) is 4.98. The summed E-state index contributed by atoms with van der Waals surface area (Å²) in [5.74, 6) is -0.637. The summed E-state index contributed by atoms with van der Waals surface area (Å²) in [6.45, 7) is 6.09. The molecule has 0 saturated carbocycles. The Labute approximate surface area is 201 Å². The predicted molar refractivity (Wildman–Crippen MR) is 123 cm³/mol. The Hall–Kier alpha value is -2.02. The highest BCUT2D eigenvalue weighted by atomic mass is 79.9. The molecule has 0 bridgehead atoms. The van der Waals surface area contributed by atoms with Gasteiger partial charge >= 0.3 is 0 Å². The van der Waals surface area contributed by atoms with E-state index in [0.29, 0.717) is 13.2 Å². The molecule has 2 aliphatic heterocycles. The van der Waals surface area contributed by atoms with Gasteiger partial charge in [-0.15, -0.1) is 0 Å². The third-order valence-electron chi connectivity index (χ3n) is 6.40. The van der Waals surface area contributed by atoms with E-state index in [-0.39, 0.29) is 23.0 Å². The van der Waals surface area contributed by atoms with Crippen molar-refractivity contribution in [1.29, 1.82) is 0 Å². The fourth-order valence-corrected chi connectivity index (χ4v) is 4.85. The summed E-state index contributed by atoms with van der Waals surface area (Å²) in [6, 6.07) is 32.4. The maximum absolute atomic E-state index is 6.16. The van der Waals surface area contributed by atoms with Crippen molar-refractivity contribution < 1.29 is 26.5 Å². The summed E-state index contributed by atoms with van der Waals surface area (Å²) in [4.78, 5) is 5.09. The van der Waals surface area contributed by atoms with Crippen LogP contribution >= 0.6 is 0 Å². The van der Waals surface area contributed by atoms with Gasteiger partial charge in [0.15, 0.2) is 0 Å². The van der Waals surface area contributed by atoms with Crippen LogP contribution in [0.2, 0.25) is 0 Å². The molecule has 2 saturated heterocycles. The van der Waals surface area contributed by atoms with Crippen molar-refractivity contribution in [3.05, 3.63) is 108 Å². The highest BCUT2D eigenvalue weighted by molar-refractivity contribution is 5.32. The van der Waals surface area contributed by atoms with E-state index in [1.165, 1.54) is 11.1 Å². The molecule has 0 aliphatic carbocycles. The van der Waals surface area contributed by atoms with Crippen LogP contribution in [0.5, 0.6) is 0 Å². The molecule has 32 heavy (non-hydrogen) atoms. The maximum Gasteiger partial charge on any atom is 0.208 e. The molecule has 3 aromatic carbocycles. The number of hydrogen-bond acceptors (Lipinski definition) is 4. The lowest BCUT2D eigenvalue weighted by atomic mass is 9.96. The fourth-order valence-electron chi connectivity index (χ4n) is 4.85. The van der Waals surface area contributed by atoms with Gasteiger partial charge in [0, 0.05) is 31.7 Å². The van der Waals surface area contributed by atoms with Crippen LogP contribution in [0.4, 0.5) is 0 Å². The summed E-state index contributed by atoms with van der Waals surface area (Å²) in [6.07, 6.45) is 0. The minimum absolute atomic E-state index is 0. The van der Waals surface area contributed by atoms with Crippen molar-refractivity contribution in [3.63, 3.8) is 0 Å². The quantitative estimate of drug-likeness (QED) is 0.516. The van der Waals surface area contributed by atoms with Gasteiger partial charge in [-0.3, -0.25) is 9.80 Å². The summed E-state index contributed by atoms with van der Waals surface area (Å²) in [5, 5.41) is 0. The number of nitrogens with zero attached hydrogens (tertiary/aromatic N) is 2. The van der Waals surface area contributed by atoms with Crippen molar-refractivity contribution in [2.24, 2.45) is 0 Å². The first-order chi connectivity index (χ1) is 15.3. The molecule has 0 N–H and O–H groups in total. The minimum Gasteiger partial charge on any atom is -1.00 e. The molecule has 0 unspecified atom stereocenters. The molecular weight excluding hydrogens is 464 g/mol. The number of hydrogen-bond donors (Lipinski definition) is 0. The second-order valence-electron chi connectivity index (χ2n) is 8.35. The number of ether oxygens (including phenoxy) is 2. The zero-order valence-corrected chi connectivity index (χ0v) is 19.9. The highest BCUT2D eigenvalue weighted by Crippen LogP contribution is 2.34. The van der Waals surface area contributed by atoms with E-state index in [0.717, 1.165) is 38.3 Å². The lowest BCUT2D eigenvalue weighted by molar-refractivity contribution is -0.181. The Morgan fingerprint density at radius 1 is 0.656 bits per heavy atom. The molecule has 5 heteroatoms. The van der Waals surface area contributed by atoms with Crippen LogP contribution in [-0.4, -0.2) is 55.7 Å². The Kier molecular flexibility index (Phi) is 7.76. The van der Waals surface area contributed by atoms with Crippen LogP contribution in [0, 0.1) is 0 Å². The van der Waals surface area contributed by atoms with E-state index >= 15 is 0 Å². The number of benzene rings is 3. The largest absolute Gasteiger partial charge is 1.00 e. The van der Waals surface area contributed by atoms with E-state index in [2.05, 4.69) is 94.7 Å². The summed E-state index contributed by atoms with van der Waals surface area (Å²) in [5.41, 5.74) is 3.82. The van der Waals surface area contributed by atoms with Crippen LogP contribution in [0.25, 0.3) is 0 Å². The molecule has 0 aromatic heterocycles. The highest BCUT2D eigenvalue weighted by Gasteiger charge is 2.41. The first kappa shape index (κ1) is 23.1. The minimum atomic E-state index is -0.637. The van der Waals surface area contributed by atoms with Crippen molar-refractivity contribution in [2.75, 3.05) is 45.9 Å². The van der Waals surface area contributed by atoms with Crippen molar-refractivity contribution in [3.8, 4) is 0 Å². The van der Waals surface area contributed by atoms with Crippen LogP contribution in [0.3, 0.4) is 0 Å². The lowest BCUT2D eigenvalue weighted by Gasteiger charge is -2.42. The molecule has 5 rings (SSSR count). The van der Waals surface area contributed by atoms with Crippen LogP contribution < -0.4 is 17.0 Å². The zero-order chi connectivity index (χ0) is 20.9. The number of halogens is 1. The van der Waals surface area contributed by atoms with Crippen LogP contribution in [0.1, 0.15) is 22.7 Å². The Morgan fingerprint density at radius 3 is 1.62 bits per heavy atom. The van der Waals surface area contributed by atoms with Gasteiger partial charge in [-0.2, -0.15) is 0 Å². The van der Waals surface area contributed by atoms with Crippen molar-refractivity contribution in [1.82, 2.24) is 9.80 Å². The summed E-state index contributed by atoms with van der Waals surface area (Å²) < 4.78 is 12.3. The standard InChI is InChI=1S/C27H30N2O2.BrH/c1-4-10-23(11-5-1)26(24-12-6-2-7-13-24)29-18-16-28(17-19-29)22-27(30-20-21-31-27)25-14-8-3-9-15-25;/h1-15,26H,16-22H2;1H/p-1. The molecular formula is C27H30BrN2O2-. The number of piperazine rings is 1. The van der Waals surface area contributed by atoms with Crippen LogP contribution in [-0.2, 0) is 15.3 Å². The third-order valence-corrected chi connectivity index (χ3v) is 6.40. The average Bonchev–Trinajstić information content (AvgIpc) is 3.32. The van der Waals surface area contributed by atoms with Gasteiger partial charge in [0.2, 0.25) is 5.79 Å². The summed E-state index contributed by atoms with van der Waals surface area (Å²) >= 11 is 0. The summed E-state index contributed by atoms with van der Waals surface area (Å²) in [7, 11) is 0. The molecule has 0 spiro atoms.